The van der Waals surface area contributed by atoms with Crippen molar-refractivity contribution in [1.29, 1.82) is 0 Å². The lowest BCUT2D eigenvalue weighted by Gasteiger charge is -2.19. The molecule has 140 valence electrons. The minimum absolute atomic E-state index is 0.0309. The highest BCUT2D eigenvalue weighted by atomic mass is 19.4. The van der Waals surface area contributed by atoms with Crippen LogP contribution in [0.4, 0.5) is 18.9 Å². The van der Waals surface area contributed by atoms with Gasteiger partial charge in [-0.25, -0.2) is 0 Å². The second-order valence-electron chi connectivity index (χ2n) is 7.64. The van der Waals surface area contributed by atoms with Crippen LogP contribution in [0, 0.1) is 6.92 Å². The van der Waals surface area contributed by atoms with E-state index < -0.39 is 23.3 Å². The topological polar surface area (TPSA) is 46.9 Å². The molecule has 0 spiro atoms. The van der Waals surface area contributed by atoms with Crippen molar-refractivity contribution in [1.82, 2.24) is 9.78 Å². The van der Waals surface area contributed by atoms with Crippen LogP contribution in [0.1, 0.15) is 66.0 Å². The third-order valence-corrected chi connectivity index (χ3v) is 5.22. The third-order valence-electron chi connectivity index (χ3n) is 5.22. The quantitative estimate of drug-likeness (QED) is 0.832. The number of aromatic nitrogens is 2. The molecule has 1 amide bonds. The number of halogens is 3. The molecule has 0 saturated heterocycles. The second kappa shape index (κ2) is 5.86. The summed E-state index contributed by atoms with van der Waals surface area (Å²) >= 11 is 0. The first-order valence-corrected chi connectivity index (χ1v) is 8.49. The van der Waals surface area contributed by atoms with E-state index in [-0.39, 0.29) is 17.0 Å². The summed E-state index contributed by atoms with van der Waals surface area (Å²) in [6, 6.07) is 5.59. The Hall–Kier alpha value is -2.31. The zero-order valence-electron chi connectivity index (χ0n) is 15.5. The lowest BCUT2D eigenvalue weighted by molar-refractivity contribution is -0.141. The molecule has 0 radical (unpaired) electrons. The summed E-state index contributed by atoms with van der Waals surface area (Å²) < 4.78 is 40.9. The average Bonchev–Trinajstić information content (AvgIpc) is 2.94. The summed E-state index contributed by atoms with van der Waals surface area (Å²) in [5, 5.41) is 6.19. The summed E-state index contributed by atoms with van der Waals surface area (Å²) in [5.41, 5.74) is 1.26. The van der Waals surface area contributed by atoms with Crippen LogP contribution in [0.2, 0.25) is 0 Å². The molecule has 1 N–H and O–H groups in total. The normalized spacial score (nSPS) is 18.7. The molecule has 1 aliphatic carbocycles. The molecule has 4 nitrogen and oxygen atoms in total. The Morgan fingerprint density at radius 1 is 1.35 bits per heavy atom. The van der Waals surface area contributed by atoms with Gasteiger partial charge in [0.05, 0.1) is 5.56 Å². The van der Waals surface area contributed by atoms with Crippen LogP contribution in [-0.2, 0) is 18.6 Å². The van der Waals surface area contributed by atoms with Crippen molar-refractivity contribution >= 4 is 11.6 Å². The number of nitrogens with zero attached hydrogens (tertiary/aromatic N) is 2. The van der Waals surface area contributed by atoms with Crippen molar-refractivity contribution in [2.75, 3.05) is 5.32 Å². The Morgan fingerprint density at radius 3 is 2.62 bits per heavy atom. The van der Waals surface area contributed by atoms with Crippen LogP contribution in [0.5, 0.6) is 0 Å². The number of anilines is 1. The van der Waals surface area contributed by atoms with Gasteiger partial charge in [-0.05, 0) is 41.9 Å². The summed E-state index contributed by atoms with van der Waals surface area (Å²) in [7, 11) is 1.40. The molecule has 26 heavy (non-hydrogen) atoms. The van der Waals surface area contributed by atoms with Gasteiger partial charge < -0.3 is 5.32 Å². The molecule has 1 aromatic heterocycles. The monoisotopic (exact) mass is 365 g/mol. The Morgan fingerprint density at radius 2 is 2.00 bits per heavy atom. The first kappa shape index (κ1) is 18.5. The molecule has 1 aromatic carbocycles. The molecule has 0 aliphatic heterocycles. The summed E-state index contributed by atoms with van der Waals surface area (Å²) in [6.07, 6.45) is -3.76. The van der Waals surface area contributed by atoms with Crippen LogP contribution < -0.4 is 5.32 Å². The van der Waals surface area contributed by atoms with Crippen LogP contribution in [-0.4, -0.2) is 15.7 Å². The Kier molecular flexibility index (Phi) is 4.16. The SMILES string of the molecule is Cc1c(C(=O)Nc2cccc3c2C(C)CC3(C)C)c(C(F)(F)F)nn1C. The van der Waals surface area contributed by atoms with Crippen LogP contribution in [0.3, 0.4) is 0 Å². The van der Waals surface area contributed by atoms with Crippen molar-refractivity contribution < 1.29 is 18.0 Å². The number of benzene rings is 1. The zero-order valence-corrected chi connectivity index (χ0v) is 15.5. The molecule has 0 saturated carbocycles. The number of carbonyl (C=O) groups is 1. The number of rotatable bonds is 2. The number of hydrogen-bond donors (Lipinski definition) is 1. The Balaban J connectivity index is 2.03. The van der Waals surface area contributed by atoms with Gasteiger partial charge in [0.1, 0.15) is 0 Å². The van der Waals surface area contributed by atoms with E-state index in [2.05, 4.69) is 31.2 Å². The van der Waals surface area contributed by atoms with Gasteiger partial charge in [-0.1, -0.05) is 32.9 Å². The number of carbonyl (C=O) groups excluding carboxylic acids is 1. The van der Waals surface area contributed by atoms with Crippen LogP contribution in [0.25, 0.3) is 0 Å². The van der Waals surface area contributed by atoms with Gasteiger partial charge >= 0.3 is 6.18 Å². The molecule has 3 rings (SSSR count). The number of hydrogen-bond acceptors (Lipinski definition) is 2. The highest BCUT2D eigenvalue weighted by molar-refractivity contribution is 6.06. The lowest BCUT2D eigenvalue weighted by Crippen LogP contribution is -2.19. The van der Waals surface area contributed by atoms with Crippen molar-refractivity contribution in [2.45, 2.75) is 51.6 Å². The van der Waals surface area contributed by atoms with E-state index in [9.17, 15) is 18.0 Å². The van der Waals surface area contributed by atoms with Gasteiger partial charge in [-0.15, -0.1) is 0 Å². The first-order valence-electron chi connectivity index (χ1n) is 8.49. The van der Waals surface area contributed by atoms with Crippen molar-refractivity contribution in [3.63, 3.8) is 0 Å². The van der Waals surface area contributed by atoms with Gasteiger partial charge in [0.2, 0.25) is 0 Å². The lowest BCUT2D eigenvalue weighted by atomic mass is 9.86. The molecule has 7 heteroatoms. The van der Waals surface area contributed by atoms with Gasteiger partial charge in [0.15, 0.2) is 5.69 Å². The fourth-order valence-electron chi connectivity index (χ4n) is 4.04. The predicted octanol–water partition coefficient (Wildman–Crippen LogP) is 4.78. The minimum Gasteiger partial charge on any atom is -0.322 e. The van der Waals surface area contributed by atoms with Gasteiger partial charge in [0.25, 0.3) is 5.91 Å². The smallest absolute Gasteiger partial charge is 0.322 e. The van der Waals surface area contributed by atoms with E-state index >= 15 is 0 Å². The fraction of sp³-hybridized carbons (Fsp3) is 0.474. The third kappa shape index (κ3) is 2.89. The first-order chi connectivity index (χ1) is 11.9. The maximum Gasteiger partial charge on any atom is 0.435 e. The largest absolute Gasteiger partial charge is 0.435 e. The Labute approximate surface area is 150 Å². The summed E-state index contributed by atoms with van der Waals surface area (Å²) in [5.74, 6) is -0.568. The van der Waals surface area contributed by atoms with E-state index in [0.29, 0.717) is 5.69 Å². The average molecular weight is 365 g/mol. The number of aryl methyl sites for hydroxylation is 1. The second-order valence-corrected chi connectivity index (χ2v) is 7.64. The number of amides is 1. The maximum atomic E-state index is 13.3. The van der Waals surface area contributed by atoms with E-state index in [1.807, 2.05) is 12.1 Å². The van der Waals surface area contributed by atoms with Gasteiger partial charge in [-0.2, -0.15) is 18.3 Å². The molecule has 2 aromatic rings. The van der Waals surface area contributed by atoms with E-state index in [0.717, 1.165) is 22.2 Å². The molecule has 0 bridgehead atoms. The van der Waals surface area contributed by atoms with Crippen LogP contribution in [0.15, 0.2) is 18.2 Å². The molecular weight excluding hydrogens is 343 g/mol. The zero-order chi connectivity index (χ0) is 19.4. The molecule has 1 atom stereocenters. The summed E-state index contributed by atoms with van der Waals surface area (Å²) in [4.78, 5) is 12.7. The van der Waals surface area contributed by atoms with Crippen LogP contribution >= 0.6 is 0 Å². The van der Waals surface area contributed by atoms with Gasteiger partial charge in [-0.3, -0.25) is 9.48 Å². The molecular formula is C19H22F3N3O. The van der Waals surface area contributed by atoms with E-state index in [1.54, 1.807) is 6.07 Å². The molecule has 0 fully saturated rings. The maximum absolute atomic E-state index is 13.3. The number of fused-ring (bicyclic) bond motifs is 1. The van der Waals surface area contributed by atoms with E-state index in [4.69, 9.17) is 0 Å². The van der Waals surface area contributed by atoms with Crippen molar-refractivity contribution in [2.24, 2.45) is 7.05 Å². The van der Waals surface area contributed by atoms with Gasteiger partial charge in [0, 0.05) is 18.4 Å². The molecule has 1 aliphatic rings. The van der Waals surface area contributed by atoms with Crippen molar-refractivity contribution in [3.05, 3.63) is 46.3 Å². The highest BCUT2D eigenvalue weighted by Crippen LogP contribution is 2.48. The number of nitrogens with one attached hydrogen (secondary N) is 1. The molecule has 1 unspecified atom stereocenters. The van der Waals surface area contributed by atoms with Crippen molar-refractivity contribution in [3.8, 4) is 0 Å². The summed E-state index contributed by atoms with van der Waals surface area (Å²) in [6.45, 7) is 7.79. The molecule has 1 heterocycles. The number of alkyl halides is 3. The van der Waals surface area contributed by atoms with E-state index in [1.165, 1.54) is 14.0 Å². The fourth-order valence-corrected chi connectivity index (χ4v) is 4.04. The highest BCUT2D eigenvalue weighted by Gasteiger charge is 2.41. The standard InChI is InChI=1S/C19H22F3N3O/c1-10-9-18(3,4)12-7-6-8-13(14(10)12)23-17(26)15-11(2)25(5)24-16(15)19(20,21)22/h6-8,10H,9H2,1-5H3,(H,23,26). The minimum atomic E-state index is -4.69. The predicted molar refractivity (Wildman–Crippen MR) is 93.4 cm³/mol. The Bertz CT molecular complexity index is 881.